The van der Waals surface area contributed by atoms with Crippen LogP contribution in [0.5, 0.6) is 11.5 Å². The third kappa shape index (κ3) is 6.08. The van der Waals surface area contributed by atoms with Crippen molar-refractivity contribution in [2.45, 2.75) is 58.1 Å². The summed E-state index contributed by atoms with van der Waals surface area (Å²) in [6.45, 7) is 2.38. The second kappa shape index (κ2) is 12.9. The molecule has 1 amide bonds. The third-order valence-corrected chi connectivity index (χ3v) is 8.35. The highest BCUT2D eigenvalue weighted by Crippen LogP contribution is 2.40. The number of carbonyl (C=O) groups is 1. The van der Waals surface area contributed by atoms with E-state index in [2.05, 4.69) is 19.1 Å². The molecule has 5 rings (SSSR count). The van der Waals surface area contributed by atoms with E-state index in [0.717, 1.165) is 54.1 Å². The highest BCUT2D eigenvalue weighted by atomic mass is 32.2. The average molecular weight is 552 g/mol. The van der Waals surface area contributed by atoms with Crippen molar-refractivity contribution in [3.63, 3.8) is 0 Å². The minimum Gasteiger partial charge on any atom is -0.493 e. The van der Waals surface area contributed by atoms with Gasteiger partial charge >= 0.3 is 0 Å². The number of rotatable bonds is 8. The Morgan fingerprint density at radius 1 is 1.02 bits per heavy atom. The summed E-state index contributed by atoms with van der Waals surface area (Å²) < 4.78 is 11.6. The summed E-state index contributed by atoms with van der Waals surface area (Å²) in [7, 11) is 1.60. The van der Waals surface area contributed by atoms with Crippen molar-refractivity contribution >= 4 is 34.6 Å². The number of hydrogen-bond donors (Lipinski definition) is 0. The molecular weight excluding hydrogens is 518 g/mol. The summed E-state index contributed by atoms with van der Waals surface area (Å²) in [5.74, 6) is 1.15. The number of nitrogens with zero attached hydrogens (tertiary/aromatic N) is 3. The molecule has 0 spiro atoms. The van der Waals surface area contributed by atoms with Crippen LogP contribution < -0.4 is 9.47 Å². The van der Waals surface area contributed by atoms with E-state index in [1.54, 1.807) is 13.2 Å². The van der Waals surface area contributed by atoms with E-state index in [0.29, 0.717) is 22.0 Å². The maximum absolute atomic E-state index is 13.8. The Kier molecular flexibility index (Phi) is 8.87. The molecule has 40 heavy (non-hydrogen) atoms. The first-order valence-electron chi connectivity index (χ1n) is 13.8. The number of amides is 1. The first kappa shape index (κ1) is 27.5. The predicted molar refractivity (Wildman–Crippen MR) is 161 cm³/mol. The Bertz CT molecular complexity index is 1480. The molecule has 0 bridgehead atoms. The van der Waals surface area contributed by atoms with E-state index in [-0.39, 0.29) is 18.6 Å². The van der Waals surface area contributed by atoms with Crippen LogP contribution in [0.15, 0.2) is 76.6 Å². The fourth-order valence-corrected chi connectivity index (χ4v) is 6.25. The molecule has 3 aromatic carbocycles. The molecule has 1 aliphatic carbocycles. The van der Waals surface area contributed by atoms with Crippen LogP contribution in [0, 0.1) is 11.3 Å². The Balaban J connectivity index is 1.42. The lowest BCUT2D eigenvalue weighted by atomic mass is 9.94. The lowest BCUT2D eigenvalue weighted by molar-refractivity contribution is -0.124. The number of aryl methyl sites for hydroxylation is 1. The van der Waals surface area contributed by atoms with Crippen LogP contribution >= 0.6 is 11.8 Å². The lowest BCUT2D eigenvalue weighted by Gasteiger charge is -2.30. The molecule has 7 heteroatoms. The molecule has 6 nitrogen and oxygen atoms in total. The molecule has 1 aliphatic heterocycles. The van der Waals surface area contributed by atoms with Gasteiger partial charge in [0.2, 0.25) is 0 Å². The van der Waals surface area contributed by atoms with Gasteiger partial charge in [0, 0.05) is 11.6 Å². The number of methoxy groups -OCH3 is 1. The van der Waals surface area contributed by atoms with Gasteiger partial charge < -0.3 is 9.47 Å². The molecule has 0 unspecified atom stereocenters. The molecule has 1 saturated carbocycles. The van der Waals surface area contributed by atoms with Crippen molar-refractivity contribution in [3.8, 4) is 17.6 Å². The number of thioether (sulfide) groups is 1. The van der Waals surface area contributed by atoms with Crippen LogP contribution in [0.2, 0.25) is 0 Å². The molecule has 0 N–H and O–H groups in total. The monoisotopic (exact) mass is 551 g/mol. The van der Waals surface area contributed by atoms with Gasteiger partial charge in [-0.1, -0.05) is 68.7 Å². The Hall–Kier alpha value is -4.02. The average Bonchev–Trinajstić information content (AvgIpc) is 3.30. The highest BCUT2D eigenvalue weighted by Gasteiger charge is 2.38. The van der Waals surface area contributed by atoms with Gasteiger partial charge in [0.25, 0.3) is 5.91 Å². The first-order chi connectivity index (χ1) is 19.6. The van der Waals surface area contributed by atoms with Gasteiger partial charge in [-0.05, 0) is 72.5 Å². The van der Waals surface area contributed by atoms with Crippen LogP contribution in [0.3, 0.4) is 0 Å². The minimum absolute atomic E-state index is 0.0111. The fraction of sp³-hybridized carbons (Fsp3) is 0.303. The van der Waals surface area contributed by atoms with Crippen LogP contribution in [-0.4, -0.2) is 29.1 Å². The van der Waals surface area contributed by atoms with Crippen molar-refractivity contribution in [2.24, 2.45) is 4.99 Å². The summed E-state index contributed by atoms with van der Waals surface area (Å²) in [4.78, 5) is 21.4. The molecule has 3 aromatic rings. The van der Waals surface area contributed by atoms with Gasteiger partial charge in [-0.3, -0.25) is 9.69 Å². The smallest absolute Gasteiger partial charge is 0.267 e. The number of benzene rings is 3. The second-order valence-corrected chi connectivity index (χ2v) is 10.9. The molecule has 0 aromatic heterocycles. The number of ether oxygens (including phenoxy) is 2. The molecule has 204 valence electrons. The normalized spacial score (nSPS) is 17.8. The molecule has 2 fully saturated rings. The number of amidine groups is 1. The summed E-state index contributed by atoms with van der Waals surface area (Å²) in [5, 5.41) is 10.1. The highest BCUT2D eigenvalue weighted by molar-refractivity contribution is 8.18. The van der Waals surface area contributed by atoms with E-state index in [1.165, 1.54) is 23.7 Å². The van der Waals surface area contributed by atoms with Crippen LogP contribution in [0.1, 0.15) is 61.3 Å². The maximum Gasteiger partial charge on any atom is 0.267 e. The zero-order valence-corrected chi connectivity index (χ0v) is 23.7. The van der Waals surface area contributed by atoms with Crippen LogP contribution in [0.25, 0.3) is 6.08 Å². The predicted octanol–water partition coefficient (Wildman–Crippen LogP) is 7.64. The SMILES string of the molecule is CCc1ccccc1N=C1S/C(=C/c2ccc(OCc3ccccc3C#N)c(OC)c2)C(=O)N1C1CCCCC1. The molecule has 0 atom stereocenters. The quantitative estimate of drug-likeness (QED) is 0.269. The van der Waals surface area contributed by atoms with Gasteiger partial charge in [0.15, 0.2) is 16.7 Å². The number of nitriles is 1. The van der Waals surface area contributed by atoms with Crippen LogP contribution in [-0.2, 0) is 17.8 Å². The number of para-hydroxylation sites is 1. The molecule has 2 aliphatic rings. The van der Waals surface area contributed by atoms with Gasteiger partial charge in [-0.15, -0.1) is 0 Å². The Morgan fingerprint density at radius 2 is 1.77 bits per heavy atom. The summed E-state index contributed by atoms with van der Waals surface area (Å²) in [6.07, 6.45) is 8.28. The number of hydrogen-bond acceptors (Lipinski definition) is 6. The number of aliphatic imine (C=N–C) groups is 1. The minimum atomic E-state index is 0.0111. The molecule has 1 saturated heterocycles. The summed E-state index contributed by atoms with van der Waals surface area (Å²) in [6, 6.07) is 23.5. The van der Waals surface area contributed by atoms with E-state index in [4.69, 9.17) is 14.5 Å². The van der Waals surface area contributed by atoms with Gasteiger partial charge in [-0.2, -0.15) is 5.26 Å². The van der Waals surface area contributed by atoms with E-state index >= 15 is 0 Å². The first-order valence-corrected chi connectivity index (χ1v) is 14.6. The van der Waals surface area contributed by atoms with Gasteiger partial charge in [-0.25, -0.2) is 4.99 Å². The van der Waals surface area contributed by atoms with E-state index < -0.39 is 0 Å². The standard InChI is InChI=1S/C33H33N3O3S/c1-3-24-11-9-10-16-28(24)35-33-36(27-14-5-4-6-15-27)32(37)31(40-33)20-23-17-18-29(30(19-23)38-2)39-22-26-13-8-7-12-25(26)21-34/h7-13,16-20,27H,3-6,14-15,22H2,1-2H3/b31-20+,35-33?. The fourth-order valence-electron chi connectivity index (χ4n) is 5.20. The largest absolute Gasteiger partial charge is 0.493 e. The van der Waals surface area contributed by atoms with Gasteiger partial charge in [0.05, 0.1) is 29.3 Å². The van der Waals surface area contributed by atoms with Gasteiger partial charge in [0.1, 0.15) is 6.61 Å². The second-order valence-electron chi connectivity index (χ2n) is 9.92. The lowest BCUT2D eigenvalue weighted by Crippen LogP contribution is -2.40. The van der Waals surface area contributed by atoms with Crippen molar-refractivity contribution in [3.05, 3.63) is 93.9 Å². The zero-order chi connectivity index (χ0) is 27.9. The summed E-state index contributed by atoms with van der Waals surface area (Å²) >= 11 is 1.44. The van der Waals surface area contributed by atoms with E-state index in [9.17, 15) is 10.1 Å². The summed E-state index contributed by atoms with van der Waals surface area (Å²) in [5.41, 5.74) is 4.33. The zero-order valence-electron chi connectivity index (χ0n) is 22.9. The van der Waals surface area contributed by atoms with Crippen LogP contribution in [0.4, 0.5) is 5.69 Å². The van der Waals surface area contributed by atoms with Crippen molar-refractivity contribution in [2.75, 3.05) is 7.11 Å². The number of carbonyl (C=O) groups excluding carboxylic acids is 1. The molecular formula is C33H33N3O3S. The molecule has 0 radical (unpaired) electrons. The molecule has 1 heterocycles. The van der Waals surface area contributed by atoms with Crippen molar-refractivity contribution in [1.29, 1.82) is 5.26 Å². The topological polar surface area (TPSA) is 74.9 Å². The van der Waals surface area contributed by atoms with E-state index in [1.807, 2.05) is 65.6 Å². The maximum atomic E-state index is 13.8. The van der Waals surface area contributed by atoms with Crippen molar-refractivity contribution < 1.29 is 14.3 Å². The van der Waals surface area contributed by atoms with Crippen molar-refractivity contribution in [1.82, 2.24) is 4.90 Å². The third-order valence-electron chi connectivity index (χ3n) is 7.37. The Morgan fingerprint density at radius 3 is 2.52 bits per heavy atom. The Labute approximate surface area is 240 Å².